The third kappa shape index (κ3) is 8.09. The van der Waals surface area contributed by atoms with Gasteiger partial charge in [-0.3, -0.25) is 0 Å². The largest absolute Gasteiger partial charge is 0.258 e. The van der Waals surface area contributed by atoms with E-state index in [1.807, 2.05) is 0 Å². The van der Waals surface area contributed by atoms with Crippen LogP contribution in [0.4, 0.5) is 0 Å². The first-order valence-corrected chi connectivity index (χ1v) is 14.3. The lowest BCUT2D eigenvalue weighted by Crippen LogP contribution is -2.43. The summed E-state index contributed by atoms with van der Waals surface area (Å²) in [5.74, 6) is 1.85. The average molecular weight is 474 g/mol. The van der Waals surface area contributed by atoms with Crippen LogP contribution in [0.3, 0.4) is 0 Å². The summed E-state index contributed by atoms with van der Waals surface area (Å²) in [4.78, 5) is 3.73. The quantitative estimate of drug-likeness (QED) is 0.149. The number of nitrogens with zero attached hydrogens (tertiary/aromatic N) is 1. The molecule has 1 aromatic heterocycles. The summed E-state index contributed by atoms with van der Waals surface area (Å²) in [7, 11) is 0. The van der Waals surface area contributed by atoms with Crippen LogP contribution in [0.15, 0.2) is 73.1 Å². The Bertz CT molecular complexity index is 930. The highest BCUT2D eigenvalue weighted by Gasteiger charge is 2.41. The van der Waals surface area contributed by atoms with E-state index in [2.05, 4.69) is 103 Å². The van der Waals surface area contributed by atoms with Gasteiger partial charge < -0.3 is 0 Å². The molecular formula is C33H49N2+. The SMILES string of the molecule is CCCCCCCCC[n+]1cc[nH]c1C(CCCCC)C(C)(Cc1ccccc1)c1ccccc1. The van der Waals surface area contributed by atoms with E-state index in [1.54, 1.807) is 0 Å². The van der Waals surface area contributed by atoms with Crippen LogP contribution < -0.4 is 4.57 Å². The summed E-state index contributed by atoms with van der Waals surface area (Å²) >= 11 is 0. The van der Waals surface area contributed by atoms with Crippen LogP contribution in [0.1, 0.15) is 114 Å². The van der Waals surface area contributed by atoms with Crippen molar-refractivity contribution < 1.29 is 4.57 Å². The first kappa shape index (κ1) is 27.2. The summed E-state index contributed by atoms with van der Waals surface area (Å²) < 4.78 is 2.54. The normalized spacial score (nSPS) is 14.0. The number of unbranched alkanes of at least 4 members (excludes halogenated alkanes) is 8. The third-order valence-electron chi connectivity index (χ3n) is 7.84. The van der Waals surface area contributed by atoms with Crippen LogP contribution in [-0.4, -0.2) is 4.98 Å². The fourth-order valence-corrected chi connectivity index (χ4v) is 5.73. The first-order chi connectivity index (χ1) is 17.2. The van der Waals surface area contributed by atoms with E-state index in [4.69, 9.17) is 0 Å². The molecule has 0 bridgehead atoms. The predicted molar refractivity (Wildman–Crippen MR) is 150 cm³/mol. The molecule has 2 heteroatoms. The van der Waals surface area contributed by atoms with Gasteiger partial charge in [0.2, 0.25) is 0 Å². The number of aromatic amines is 1. The minimum atomic E-state index is 0.0170. The molecule has 35 heavy (non-hydrogen) atoms. The van der Waals surface area contributed by atoms with Gasteiger partial charge in [0, 0.05) is 5.41 Å². The van der Waals surface area contributed by atoms with Gasteiger partial charge in [0.25, 0.3) is 5.82 Å². The fraction of sp³-hybridized carbons (Fsp3) is 0.545. The maximum atomic E-state index is 3.73. The molecule has 1 heterocycles. The molecule has 0 fully saturated rings. The van der Waals surface area contributed by atoms with Gasteiger partial charge in [-0.15, -0.1) is 0 Å². The number of hydrogen-bond acceptors (Lipinski definition) is 0. The second-order valence-corrected chi connectivity index (χ2v) is 10.7. The molecule has 0 saturated carbocycles. The zero-order valence-electron chi connectivity index (χ0n) is 22.6. The number of aryl methyl sites for hydroxylation is 1. The highest BCUT2D eigenvalue weighted by molar-refractivity contribution is 5.32. The summed E-state index contributed by atoms with van der Waals surface area (Å²) in [6.45, 7) is 8.23. The number of benzene rings is 2. The van der Waals surface area contributed by atoms with Crippen LogP contribution in [-0.2, 0) is 18.4 Å². The number of aromatic nitrogens is 2. The van der Waals surface area contributed by atoms with Gasteiger partial charge in [-0.1, -0.05) is 133 Å². The van der Waals surface area contributed by atoms with Crippen molar-refractivity contribution in [1.82, 2.24) is 4.98 Å². The molecule has 3 rings (SSSR count). The number of rotatable bonds is 17. The number of nitrogens with one attached hydrogen (secondary N) is 1. The molecule has 0 radical (unpaired) electrons. The molecule has 0 aliphatic rings. The fourth-order valence-electron chi connectivity index (χ4n) is 5.73. The standard InChI is InChI=1S/C33H48N2/c1-4-6-8-9-10-11-19-26-35-27-25-34-32(35)31(24-14-7-5-2)33(3,30-22-17-13-18-23-30)28-29-20-15-12-16-21-29/h12-13,15-18,20-23,25,27,31H,4-11,14,19,24,26,28H2,1-3H3/p+1. The second-order valence-electron chi connectivity index (χ2n) is 10.7. The first-order valence-electron chi connectivity index (χ1n) is 14.3. The average Bonchev–Trinajstić information content (AvgIpc) is 3.35. The zero-order chi connectivity index (χ0) is 24.8. The van der Waals surface area contributed by atoms with Gasteiger partial charge >= 0.3 is 0 Å². The topological polar surface area (TPSA) is 19.7 Å². The van der Waals surface area contributed by atoms with Crippen molar-refractivity contribution in [2.75, 3.05) is 0 Å². The van der Waals surface area contributed by atoms with E-state index in [-0.39, 0.29) is 5.41 Å². The number of H-pyrrole nitrogens is 1. The lowest BCUT2D eigenvalue weighted by atomic mass is 9.66. The van der Waals surface area contributed by atoms with Crippen LogP contribution in [0, 0.1) is 0 Å². The van der Waals surface area contributed by atoms with E-state index >= 15 is 0 Å². The molecule has 0 amide bonds. The Balaban J connectivity index is 1.85. The highest BCUT2D eigenvalue weighted by atomic mass is 15.1. The van der Waals surface area contributed by atoms with E-state index in [9.17, 15) is 0 Å². The molecule has 2 aromatic carbocycles. The van der Waals surface area contributed by atoms with Crippen molar-refractivity contribution in [3.05, 3.63) is 90.0 Å². The van der Waals surface area contributed by atoms with Crippen molar-refractivity contribution in [2.45, 2.75) is 116 Å². The Kier molecular flexibility index (Phi) is 11.6. The molecule has 3 aromatic rings. The van der Waals surface area contributed by atoms with Crippen molar-refractivity contribution in [2.24, 2.45) is 0 Å². The zero-order valence-corrected chi connectivity index (χ0v) is 22.6. The van der Waals surface area contributed by atoms with Gasteiger partial charge in [-0.25, -0.2) is 9.55 Å². The third-order valence-corrected chi connectivity index (χ3v) is 7.84. The van der Waals surface area contributed by atoms with Crippen molar-refractivity contribution in [1.29, 1.82) is 0 Å². The Hall–Kier alpha value is -2.35. The smallest absolute Gasteiger partial charge is 0.247 e. The molecule has 2 atom stereocenters. The Labute approximate surface area is 215 Å². The van der Waals surface area contributed by atoms with Gasteiger partial charge in [-0.05, 0) is 36.8 Å². The monoisotopic (exact) mass is 473 g/mol. The summed E-state index contributed by atoms with van der Waals surface area (Å²) in [6.07, 6.45) is 20.0. The second kappa shape index (κ2) is 14.9. The molecular weight excluding hydrogens is 424 g/mol. The van der Waals surface area contributed by atoms with Gasteiger partial charge in [-0.2, -0.15) is 0 Å². The minimum Gasteiger partial charge on any atom is -0.247 e. The Morgan fingerprint density at radius 2 is 1.34 bits per heavy atom. The Morgan fingerprint density at radius 3 is 2.03 bits per heavy atom. The Morgan fingerprint density at radius 1 is 0.743 bits per heavy atom. The highest BCUT2D eigenvalue weighted by Crippen LogP contribution is 2.43. The lowest BCUT2D eigenvalue weighted by molar-refractivity contribution is -0.705. The molecule has 0 spiro atoms. The molecule has 1 N–H and O–H groups in total. The van der Waals surface area contributed by atoms with Gasteiger partial charge in [0.1, 0.15) is 12.4 Å². The van der Waals surface area contributed by atoms with Gasteiger partial charge in [0.15, 0.2) is 0 Å². The molecule has 2 nitrogen and oxygen atoms in total. The van der Waals surface area contributed by atoms with Crippen molar-refractivity contribution >= 4 is 0 Å². The maximum absolute atomic E-state index is 3.73. The summed E-state index contributed by atoms with van der Waals surface area (Å²) in [5.41, 5.74) is 2.88. The molecule has 0 aliphatic carbocycles. The van der Waals surface area contributed by atoms with Crippen molar-refractivity contribution in [3.8, 4) is 0 Å². The van der Waals surface area contributed by atoms with E-state index < -0.39 is 0 Å². The van der Waals surface area contributed by atoms with Crippen LogP contribution >= 0.6 is 0 Å². The molecule has 0 aliphatic heterocycles. The van der Waals surface area contributed by atoms with Crippen molar-refractivity contribution in [3.63, 3.8) is 0 Å². The number of hydrogen-bond donors (Lipinski definition) is 1. The van der Waals surface area contributed by atoms with Gasteiger partial charge in [0.05, 0.1) is 12.5 Å². The summed E-state index contributed by atoms with van der Waals surface area (Å²) in [6, 6.07) is 22.4. The van der Waals surface area contributed by atoms with Crippen LogP contribution in [0.25, 0.3) is 0 Å². The molecule has 2 unspecified atom stereocenters. The maximum Gasteiger partial charge on any atom is 0.258 e. The van der Waals surface area contributed by atoms with E-state index in [0.717, 1.165) is 13.0 Å². The minimum absolute atomic E-state index is 0.0170. The van der Waals surface area contributed by atoms with Crippen LogP contribution in [0.5, 0.6) is 0 Å². The van der Waals surface area contributed by atoms with Crippen LogP contribution in [0.2, 0.25) is 0 Å². The van der Waals surface area contributed by atoms with E-state index in [1.165, 1.54) is 87.6 Å². The lowest BCUT2D eigenvalue weighted by Gasteiger charge is -2.37. The molecule has 190 valence electrons. The predicted octanol–water partition coefficient (Wildman–Crippen LogP) is 8.92. The summed E-state index contributed by atoms with van der Waals surface area (Å²) in [5, 5.41) is 0. The van der Waals surface area contributed by atoms with E-state index in [0.29, 0.717) is 5.92 Å². The molecule has 0 saturated heterocycles. The number of imidazole rings is 1.